The molecular weight excluding hydrogens is 332 g/mol. The lowest BCUT2D eigenvalue weighted by Crippen LogP contribution is -2.15. The van der Waals surface area contributed by atoms with Crippen LogP contribution in [0.1, 0.15) is 12.6 Å². The Morgan fingerprint density at radius 3 is 2.29 bits per heavy atom. The summed E-state index contributed by atoms with van der Waals surface area (Å²) in [6, 6.07) is 6.76. The van der Waals surface area contributed by atoms with Crippen LogP contribution < -0.4 is 16.0 Å². The smallest absolute Gasteiger partial charge is 0.413 e. The van der Waals surface area contributed by atoms with Crippen molar-refractivity contribution in [1.82, 2.24) is 4.98 Å². The molecule has 1 aromatic carbocycles. The second-order valence-corrected chi connectivity index (χ2v) is 5.60. The lowest BCUT2D eigenvalue weighted by Gasteiger charge is -2.06. The van der Waals surface area contributed by atoms with Gasteiger partial charge in [-0.05, 0) is 24.3 Å². The van der Waals surface area contributed by atoms with Gasteiger partial charge in [0.15, 0.2) is 5.13 Å². The van der Waals surface area contributed by atoms with Gasteiger partial charge in [0.1, 0.15) is 0 Å². The zero-order valence-electron chi connectivity index (χ0n) is 13.1. The highest BCUT2D eigenvalue weighted by Gasteiger charge is 2.10. The van der Waals surface area contributed by atoms with Crippen molar-refractivity contribution in [3.05, 3.63) is 35.3 Å². The van der Waals surface area contributed by atoms with E-state index in [4.69, 9.17) is 0 Å². The van der Waals surface area contributed by atoms with Gasteiger partial charge >= 0.3 is 6.09 Å². The van der Waals surface area contributed by atoms with E-state index in [9.17, 15) is 14.4 Å². The Hall–Kier alpha value is -2.94. The molecule has 3 amide bonds. The summed E-state index contributed by atoms with van der Waals surface area (Å²) in [6.45, 7) is 1.42. The van der Waals surface area contributed by atoms with Crippen LogP contribution in [0.5, 0.6) is 0 Å². The quantitative estimate of drug-likeness (QED) is 0.769. The Kier molecular flexibility index (Phi) is 5.85. The van der Waals surface area contributed by atoms with E-state index in [1.807, 2.05) is 0 Å². The van der Waals surface area contributed by atoms with Gasteiger partial charge in [0, 0.05) is 23.7 Å². The molecule has 3 N–H and O–H groups in total. The maximum atomic E-state index is 12.0. The highest BCUT2D eigenvalue weighted by atomic mass is 32.1. The number of carbonyl (C=O) groups is 3. The van der Waals surface area contributed by atoms with E-state index >= 15 is 0 Å². The number of nitrogens with one attached hydrogen (secondary N) is 3. The Bertz CT molecular complexity index is 742. The summed E-state index contributed by atoms with van der Waals surface area (Å²) in [4.78, 5) is 38.2. The fraction of sp³-hybridized carbons (Fsp3) is 0.200. The molecule has 0 aliphatic carbocycles. The van der Waals surface area contributed by atoms with Crippen molar-refractivity contribution in [3.63, 3.8) is 0 Å². The molecule has 126 valence electrons. The normalized spacial score (nSPS) is 9.92. The maximum Gasteiger partial charge on any atom is 0.413 e. The lowest BCUT2D eigenvalue weighted by atomic mass is 10.2. The minimum atomic E-state index is -0.611. The molecule has 0 saturated carbocycles. The number of hydrogen-bond acceptors (Lipinski definition) is 6. The van der Waals surface area contributed by atoms with Crippen LogP contribution in [0.4, 0.5) is 21.3 Å². The van der Waals surface area contributed by atoms with Gasteiger partial charge in [-0.1, -0.05) is 0 Å². The molecule has 0 fully saturated rings. The average molecular weight is 348 g/mol. The van der Waals surface area contributed by atoms with Gasteiger partial charge in [-0.25, -0.2) is 9.78 Å². The number of benzene rings is 1. The predicted molar refractivity (Wildman–Crippen MR) is 91.2 cm³/mol. The van der Waals surface area contributed by atoms with Gasteiger partial charge in [-0.2, -0.15) is 0 Å². The summed E-state index contributed by atoms with van der Waals surface area (Å²) in [7, 11) is 1.26. The van der Waals surface area contributed by atoms with Gasteiger partial charge in [-0.15, -0.1) is 11.3 Å². The van der Waals surface area contributed by atoms with Crippen LogP contribution in [0.15, 0.2) is 29.6 Å². The molecule has 9 heteroatoms. The highest BCUT2D eigenvalue weighted by molar-refractivity contribution is 7.13. The molecule has 1 aromatic heterocycles. The monoisotopic (exact) mass is 348 g/mol. The van der Waals surface area contributed by atoms with Gasteiger partial charge in [-0.3, -0.25) is 14.9 Å². The van der Waals surface area contributed by atoms with E-state index in [0.29, 0.717) is 22.2 Å². The van der Waals surface area contributed by atoms with Gasteiger partial charge in [0.2, 0.25) is 11.8 Å². The summed E-state index contributed by atoms with van der Waals surface area (Å²) in [5.41, 5.74) is 1.80. The number of thiazole rings is 1. The van der Waals surface area contributed by atoms with E-state index in [-0.39, 0.29) is 18.2 Å². The summed E-state index contributed by atoms with van der Waals surface area (Å²) in [5.74, 6) is -0.399. The van der Waals surface area contributed by atoms with E-state index in [0.717, 1.165) is 0 Å². The molecule has 0 radical (unpaired) electrons. The standard InChI is InChI=1S/C15H16N4O4S/c1-9(20)16-10-3-5-11(6-4-10)17-13(21)7-12-8-24-14(18-12)19-15(22)23-2/h3-6,8H,7H2,1-2H3,(H,16,20)(H,17,21)(H,18,19,22). The summed E-state index contributed by atoms with van der Waals surface area (Å²) >= 11 is 1.21. The molecule has 2 rings (SSSR count). The number of ether oxygens (including phenoxy) is 1. The van der Waals surface area contributed by atoms with Crippen molar-refractivity contribution in [3.8, 4) is 0 Å². The first-order valence-electron chi connectivity index (χ1n) is 6.93. The second-order valence-electron chi connectivity index (χ2n) is 4.74. The lowest BCUT2D eigenvalue weighted by molar-refractivity contribution is -0.116. The second kappa shape index (κ2) is 8.06. The molecule has 0 aliphatic heterocycles. The Balaban J connectivity index is 1.89. The maximum absolute atomic E-state index is 12.0. The van der Waals surface area contributed by atoms with Crippen LogP contribution in [0, 0.1) is 0 Å². The van der Waals surface area contributed by atoms with E-state index in [1.165, 1.54) is 25.4 Å². The Morgan fingerprint density at radius 2 is 1.71 bits per heavy atom. The van der Waals surface area contributed by atoms with Crippen LogP contribution in [0.2, 0.25) is 0 Å². The average Bonchev–Trinajstić information content (AvgIpc) is 2.95. The third kappa shape index (κ3) is 5.36. The van der Waals surface area contributed by atoms with Crippen molar-refractivity contribution in [2.45, 2.75) is 13.3 Å². The molecule has 8 nitrogen and oxygen atoms in total. The van der Waals surface area contributed by atoms with Gasteiger partial charge in [0.25, 0.3) is 0 Å². The molecule has 0 atom stereocenters. The van der Waals surface area contributed by atoms with Crippen molar-refractivity contribution in [2.24, 2.45) is 0 Å². The fourth-order valence-corrected chi connectivity index (χ4v) is 2.49. The van der Waals surface area contributed by atoms with Crippen molar-refractivity contribution in [2.75, 3.05) is 23.1 Å². The van der Waals surface area contributed by atoms with E-state index in [1.54, 1.807) is 29.6 Å². The van der Waals surface area contributed by atoms with Crippen molar-refractivity contribution >= 4 is 45.8 Å². The number of anilines is 3. The van der Waals surface area contributed by atoms with E-state index < -0.39 is 6.09 Å². The summed E-state index contributed by atoms with van der Waals surface area (Å²) < 4.78 is 4.47. The topological polar surface area (TPSA) is 109 Å². The summed E-state index contributed by atoms with van der Waals surface area (Å²) in [5, 5.41) is 9.86. The number of methoxy groups -OCH3 is 1. The zero-order valence-corrected chi connectivity index (χ0v) is 13.9. The van der Waals surface area contributed by atoms with Crippen LogP contribution in [0.3, 0.4) is 0 Å². The molecule has 0 unspecified atom stereocenters. The molecule has 0 spiro atoms. The first kappa shape index (κ1) is 17.4. The predicted octanol–water partition coefficient (Wildman–Crippen LogP) is 2.46. The number of nitrogens with zero attached hydrogens (tertiary/aromatic N) is 1. The molecule has 1 heterocycles. The molecule has 2 aromatic rings. The minimum Gasteiger partial charge on any atom is -0.453 e. The largest absolute Gasteiger partial charge is 0.453 e. The Morgan fingerprint density at radius 1 is 1.08 bits per heavy atom. The number of carbonyl (C=O) groups excluding carboxylic acids is 3. The summed E-state index contributed by atoms with van der Waals surface area (Å²) in [6.07, 6.45) is -0.535. The number of aromatic nitrogens is 1. The van der Waals surface area contributed by atoms with Crippen LogP contribution in [-0.4, -0.2) is 30.0 Å². The third-order valence-electron chi connectivity index (χ3n) is 2.78. The van der Waals surface area contributed by atoms with Crippen molar-refractivity contribution in [1.29, 1.82) is 0 Å². The first-order chi connectivity index (χ1) is 11.5. The molecule has 0 bridgehead atoms. The van der Waals surface area contributed by atoms with E-state index in [2.05, 4.69) is 25.7 Å². The van der Waals surface area contributed by atoms with Crippen LogP contribution >= 0.6 is 11.3 Å². The zero-order chi connectivity index (χ0) is 17.5. The molecule has 24 heavy (non-hydrogen) atoms. The fourth-order valence-electron chi connectivity index (χ4n) is 1.79. The third-order valence-corrected chi connectivity index (χ3v) is 3.58. The number of rotatable bonds is 5. The van der Waals surface area contributed by atoms with Gasteiger partial charge < -0.3 is 15.4 Å². The number of amides is 3. The molecule has 0 aliphatic rings. The van der Waals surface area contributed by atoms with Crippen LogP contribution in [-0.2, 0) is 20.7 Å². The van der Waals surface area contributed by atoms with Crippen LogP contribution in [0.25, 0.3) is 0 Å². The van der Waals surface area contributed by atoms with Crippen molar-refractivity contribution < 1.29 is 19.1 Å². The Labute approximate surface area is 142 Å². The molecular formula is C15H16N4O4S. The molecule has 0 saturated heterocycles. The first-order valence-corrected chi connectivity index (χ1v) is 7.81. The van der Waals surface area contributed by atoms with Gasteiger partial charge in [0.05, 0.1) is 19.2 Å². The highest BCUT2D eigenvalue weighted by Crippen LogP contribution is 2.17. The number of hydrogen-bond donors (Lipinski definition) is 3. The minimum absolute atomic E-state index is 0.0762. The SMILES string of the molecule is COC(=O)Nc1nc(CC(=O)Nc2ccc(NC(C)=O)cc2)cs1.